The third-order valence-electron chi connectivity index (χ3n) is 11.3. The highest BCUT2D eigenvalue weighted by Crippen LogP contribution is 2.51. The molecule has 1 aliphatic heterocycles. The zero-order chi connectivity index (χ0) is 48.2. The number of hydrogen-bond donors (Lipinski definition) is 1. The summed E-state index contributed by atoms with van der Waals surface area (Å²) < 4.78 is 49.2. The molecule has 0 bridgehead atoms. The van der Waals surface area contributed by atoms with E-state index in [0.717, 1.165) is 16.7 Å². The molecule has 6 aromatic rings. The van der Waals surface area contributed by atoms with Crippen LogP contribution in [0.15, 0.2) is 169 Å². The summed E-state index contributed by atoms with van der Waals surface area (Å²) in [5.41, 5.74) is 0.695. The van der Waals surface area contributed by atoms with E-state index in [1.165, 1.54) is 16.8 Å². The summed E-state index contributed by atoms with van der Waals surface area (Å²) in [5, 5.41) is 2.71. The van der Waals surface area contributed by atoms with Gasteiger partial charge in [-0.2, -0.15) is 4.98 Å². The third-order valence-corrected chi connectivity index (χ3v) is 13.4. The van der Waals surface area contributed by atoms with E-state index in [1.54, 1.807) is 81.0 Å². The number of hydrogen-bond acceptors (Lipinski definition) is 12. The molecule has 1 fully saturated rings. The normalized spacial score (nSPS) is 17.7. The molecule has 5 aromatic carbocycles. The Bertz CT molecular complexity index is 2580. The summed E-state index contributed by atoms with van der Waals surface area (Å²) in [7, 11) is 1.21. The number of anilines is 1. The number of methoxy groups -OCH3 is 2. The molecule has 0 spiro atoms. The highest BCUT2D eigenvalue weighted by Gasteiger charge is 2.52. The molecule has 1 amide bonds. The number of nitrogens with zero attached hydrogens (tertiary/aromatic N) is 3. The number of carbonyl (C=O) groups excluding carboxylic acids is 2. The SMILES string of the molecule is C=CCOP(O[C@@H]1[C@H](OC(=O)c2ccccc2)[C@H](OC(c2ccccc2)(c2ccc(OC)cc2)c2ccc(OC)cc2)CO[C@H]1n1ccc(NC(=O)c2ccccc2)nc1=O)N(C(C)C)C(C)C. The molecule has 1 N–H and O–H groups in total. The zero-order valence-electron chi connectivity index (χ0n) is 39.0. The summed E-state index contributed by atoms with van der Waals surface area (Å²) in [5.74, 6) is 0.185. The average molecular weight is 941 g/mol. The maximum Gasteiger partial charge on any atom is 0.351 e. The van der Waals surface area contributed by atoms with Gasteiger partial charge in [0, 0.05) is 23.8 Å². The lowest BCUT2D eigenvalue weighted by atomic mass is 9.79. The lowest BCUT2D eigenvalue weighted by Crippen LogP contribution is -2.58. The molecule has 354 valence electrons. The van der Waals surface area contributed by atoms with Crippen LogP contribution in [-0.4, -0.2) is 83.9 Å². The Balaban J connectivity index is 1.42. The van der Waals surface area contributed by atoms with Gasteiger partial charge >= 0.3 is 11.7 Å². The van der Waals surface area contributed by atoms with Crippen molar-refractivity contribution in [2.75, 3.05) is 32.8 Å². The predicted molar refractivity (Wildman–Crippen MR) is 261 cm³/mol. The molecule has 1 aromatic heterocycles. The monoisotopic (exact) mass is 940 g/mol. The van der Waals surface area contributed by atoms with Gasteiger partial charge in [-0.1, -0.05) is 97.1 Å². The first-order valence-electron chi connectivity index (χ1n) is 22.3. The number of esters is 1. The van der Waals surface area contributed by atoms with Crippen LogP contribution in [-0.2, 0) is 28.9 Å². The van der Waals surface area contributed by atoms with E-state index in [0.29, 0.717) is 17.1 Å². The minimum Gasteiger partial charge on any atom is -0.497 e. The molecule has 7 rings (SSSR count). The van der Waals surface area contributed by atoms with Crippen LogP contribution >= 0.6 is 8.53 Å². The summed E-state index contributed by atoms with van der Waals surface area (Å²) in [6.07, 6.45) is -1.85. The summed E-state index contributed by atoms with van der Waals surface area (Å²) in [6, 6.07) is 43.4. The van der Waals surface area contributed by atoms with Crippen molar-refractivity contribution in [1.82, 2.24) is 14.2 Å². The Morgan fingerprint density at radius 3 is 1.82 bits per heavy atom. The van der Waals surface area contributed by atoms with Gasteiger partial charge in [0.2, 0.25) is 0 Å². The van der Waals surface area contributed by atoms with Crippen LogP contribution < -0.4 is 20.5 Å². The van der Waals surface area contributed by atoms with E-state index in [1.807, 2.05) is 107 Å². The fourth-order valence-electron chi connectivity index (χ4n) is 8.17. The standard InChI is InChI=1S/C53H57N4O10P/c1-8-34-64-68(57(36(2)3)37(4)5)67-48-47(65-51(59)39-20-14-10-15-21-39)45(35-63-50(48)56-33-32-46(55-52(56)60)54-49(58)38-18-12-9-13-19-38)66-53(40-22-16-11-17-23-40,41-24-28-43(61-6)29-25-41)42-26-30-44(62-7)31-27-42/h8-33,36-37,45,47-48,50H,1,34-35H2,2-7H3,(H,54,55,58,60)/t45-,47-,48-,50-,68?/m1/s1. The number of amides is 1. The Kier molecular flexibility index (Phi) is 16.7. The van der Waals surface area contributed by atoms with Crippen LogP contribution in [0.25, 0.3) is 0 Å². The second-order valence-electron chi connectivity index (χ2n) is 16.4. The molecule has 15 heteroatoms. The summed E-state index contributed by atoms with van der Waals surface area (Å²) in [4.78, 5) is 46.2. The van der Waals surface area contributed by atoms with Crippen molar-refractivity contribution in [1.29, 1.82) is 0 Å². The molecule has 0 saturated carbocycles. The van der Waals surface area contributed by atoms with Crippen LogP contribution in [0.3, 0.4) is 0 Å². The van der Waals surface area contributed by atoms with Crippen LogP contribution in [0, 0.1) is 0 Å². The molecule has 1 aliphatic rings. The van der Waals surface area contributed by atoms with Crippen LogP contribution in [0.5, 0.6) is 11.5 Å². The molecule has 0 aliphatic carbocycles. The largest absolute Gasteiger partial charge is 0.497 e. The van der Waals surface area contributed by atoms with Crippen molar-refractivity contribution in [2.45, 2.75) is 69.9 Å². The van der Waals surface area contributed by atoms with Crippen molar-refractivity contribution in [3.8, 4) is 11.5 Å². The predicted octanol–water partition coefficient (Wildman–Crippen LogP) is 9.58. The molecule has 2 heterocycles. The summed E-state index contributed by atoms with van der Waals surface area (Å²) >= 11 is 0. The lowest BCUT2D eigenvalue weighted by molar-refractivity contribution is -0.235. The van der Waals surface area contributed by atoms with Crippen LogP contribution in [0.4, 0.5) is 5.82 Å². The first kappa shape index (κ1) is 49.4. The number of rotatable bonds is 20. The molecule has 68 heavy (non-hydrogen) atoms. The Morgan fingerprint density at radius 2 is 1.31 bits per heavy atom. The van der Waals surface area contributed by atoms with Gasteiger partial charge in [0.25, 0.3) is 14.4 Å². The van der Waals surface area contributed by atoms with Gasteiger partial charge in [-0.05, 0) is 99.0 Å². The highest BCUT2D eigenvalue weighted by molar-refractivity contribution is 7.44. The number of nitrogens with one attached hydrogen (secondary N) is 1. The van der Waals surface area contributed by atoms with Gasteiger partial charge in [0.05, 0.1) is 33.0 Å². The second-order valence-corrected chi connectivity index (χ2v) is 17.8. The van der Waals surface area contributed by atoms with E-state index in [9.17, 15) is 14.4 Å². The first-order valence-corrected chi connectivity index (χ1v) is 23.4. The topological polar surface area (TPSA) is 149 Å². The number of benzene rings is 5. The number of aromatic nitrogens is 2. The lowest BCUT2D eigenvalue weighted by Gasteiger charge is -2.47. The fourth-order valence-corrected chi connectivity index (χ4v) is 9.90. The van der Waals surface area contributed by atoms with Crippen molar-refractivity contribution in [2.24, 2.45) is 0 Å². The number of ether oxygens (including phenoxy) is 5. The van der Waals surface area contributed by atoms with Gasteiger partial charge in [-0.25, -0.2) is 14.3 Å². The van der Waals surface area contributed by atoms with Gasteiger partial charge in [-0.15, -0.1) is 6.58 Å². The summed E-state index contributed by atoms with van der Waals surface area (Å²) in [6.45, 7) is 11.9. The second kappa shape index (κ2) is 23.0. The van der Waals surface area contributed by atoms with E-state index < -0.39 is 56.2 Å². The Morgan fingerprint density at radius 1 is 0.779 bits per heavy atom. The molecular formula is C53H57N4O10P. The Labute approximate surface area is 398 Å². The van der Waals surface area contributed by atoms with Crippen LogP contribution in [0.1, 0.15) is 71.3 Å². The first-order chi connectivity index (χ1) is 33.0. The zero-order valence-corrected chi connectivity index (χ0v) is 39.9. The molecule has 1 unspecified atom stereocenters. The van der Waals surface area contributed by atoms with E-state index in [-0.39, 0.29) is 36.7 Å². The van der Waals surface area contributed by atoms with Crippen LogP contribution in [0.2, 0.25) is 0 Å². The maximum atomic E-state index is 14.5. The van der Waals surface area contributed by atoms with Crippen molar-refractivity contribution in [3.05, 3.63) is 203 Å². The van der Waals surface area contributed by atoms with Crippen molar-refractivity contribution < 1.29 is 42.3 Å². The minimum atomic E-state index is -1.99. The fraction of sp³-hybridized carbons (Fsp3) is 0.283. The maximum absolute atomic E-state index is 14.5. The van der Waals surface area contributed by atoms with Crippen molar-refractivity contribution in [3.63, 3.8) is 0 Å². The van der Waals surface area contributed by atoms with Gasteiger partial charge in [0.1, 0.15) is 29.0 Å². The molecule has 0 radical (unpaired) electrons. The van der Waals surface area contributed by atoms with E-state index >= 15 is 0 Å². The molecule has 5 atom stereocenters. The molecule has 1 saturated heterocycles. The Hall–Kier alpha value is -6.51. The van der Waals surface area contributed by atoms with Gasteiger partial charge < -0.3 is 38.0 Å². The van der Waals surface area contributed by atoms with Crippen molar-refractivity contribution >= 4 is 26.2 Å². The van der Waals surface area contributed by atoms with Gasteiger partial charge in [0.15, 0.2) is 18.4 Å². The third kappa shape index (κ3) is 11.3. The minimum absolute atomic E-state index is 0.0237. The smallest absolute Gasteiger partial charge is 0.351 e. The van der Waals surface area contributed by atoms with Gasteiger partial charge in [-0.3, -0.25) is 9.36 Å². The highest BCUT2D eigenvalue weighted by atomic mass is 31.2. The molecule has 14 nitrogen and oxygen atoms in total. The number of carbonyl (C=O) groups is 2. The van der Waals surface area contributed by atoms with E-state index in [4.69, 9.17) is 32.7 Å². The molecular weight excluding hydrogens is 884 g/mol. The van der Waals surface area contributed by atoms with E-state index in [2.05, 4.69) is 21.6 Å². The quantitative estimate of drug-likeness (QED) is 0.0336. The average Bonchev–Trinajstić information content (AvgIpc) is 3.36.